The Kier molecular flexibility index (Phi) is 3.54. The number of rotatable bonds is 1. The predicted molar refractivity (Wildman–Crippen MR) is 87.6 cm³/mol. The van der Waals surface area contributed by atoms with Crippen molar-refractivity contribution in [3.8, 4) is 0 Å². The SMILES string of the molecule is C[C@@H]1CC2=CC(=O)CC[C@@H]2[C@H]2CC[C@@]3(C)[C@@H](CC[C@@]3(O)C[18F])[C@@H]21. The average Bonchev–Trinajstić information content (AvgIpc) is 2.79. The largest absolute Gasteiger partial charge is 0.387 e. The lowest BCUT2D eigenvalue weighted by Gasteiger charge is -2.57. The summed E-state index contributed by atoms with van der Waals surface area (Å²) in [5.74, 6) is 3.08. The Morgan fingerprint density at radius 1 is 1.30 bits per heavy atom. The Hall–Kier alpha value is -0.700. The van der Waals surface area contributed by atoms with Gasteiger partial charge in [0.25, 0.3) is 0 Å². The molecule has 0 amide bonds. The zero-order valence-corrected chi connectivity index (χ0v) is 14.4. The van der Waals surface area contributed by atoms with Gasteiger partial charge in [-0.1, -0.05) is 19.4 Å². The van der Waals surface area contributed by atoms with E-state index >= 15 is 0 Å². The van der Waals surface area contributed by atoms with Crippen molar-refractivity contribution in [1.82, 2.24) is 0 Å². The molecule has 0 saturated heterocycles. The molecule has 0 aliphatic heterocycles. The second kappa shape index (κ2) is 5.15. The van der Waals surface area contributed by atoms with Crippen LogP contribution in [0.15, 0.2) is 11.6 Å². The summed E-state index contributed by atoms with van der Waals surface area (Å²) in [6, 6.07) is 0. The zero-order chi connectivity index (χ0) is 16.4. The van der Waals surface area contributed by atoms with Crippen LogP contribution < -0.4 is 0 Å². The van der Waals surface area contributed by atoms with Gasteiger partial charge in [-0.05, 0) is 74.2 Å². The molecule has 4 rings (SSSR count). The highest BCUT2D eigenvalue weighted by atomic mass is 18.2. The van der Waals surface area contributed by atoms with Gasteiger partial charge in [-0.25, -0.2) is 4.39 Å². The normalized spacial score (nSPS) is 52.4. The van der Waals surface area contributed by atoms with Crippen LogP contribution in [0.4, 0.5) is 4.39 Å². The van der Waals surface area contributed by atoms with Crippen molar-refractivity contribution in [2.75, 3.05) is 6.67 Å². The summed E-state index contributed by atoms with van der Waals surface area (Å²) < 4.78 is 13.6. The van der Waals surface area contributed by atoms with Gasteiger partial charge in [0.1, 0.15) is 6.67 Å². The average molecular weight is 319 g/mol. The molecule has 3 saturated carbocycles. The van der Waals surface area contributed by atoms with Gasteiger partial charge in [0.15, 0.2) is 5.78 Å². The smallest absolute Gasteiger partial charge is 0.155 e. The third-order valence-corrected chi connectivity index (χ3v) is 8.18. The standard InChI is InChI=1S/C20H29FO2/c1-12-9-13-10-14(22)3-4-15(13)16-5-7-19(2)17(18(12)16)6-8-20(19,23)11-21/h10,12,15-18,23H,3-9,11H2,1-2H3/t12-,15+,16-,17+,18-,19+,20-/m1/s1/i21-1. The lowest BCUT2D eigenvalue weighted by Crippen LogP contribution is -2.55. The molecule has 1 N–H and O–H groups in total. The van der Waals surface area contributed by atoms with E-state index < -0.39 is 12.3 Å². The summed E-state index contributed by atoms with van der Waals surface area (Å²) in [5.41, 5.74) is 0.0153. The van der Waals surface area contributed by atoms with Crippen LogP contribution in [0.5, 0.6) is 0 Å². The highest BCUT2D eigenvalue weighted by Gasteiger charge is 2.63. The van der Waals surface area contributed by atoms with E-state index in [0.29, 0.717) is 48.2 Å². The number of fused-ring (bicyclic) bond motifs is 5. The first-order valence-electron chi connectivity index (χ1n) is 9.41. The lowest BCUT2D eigenvalue weighted by molar-refractivity contribution is -0.135. The molecule has 0 spiro atoms. The van der Waals surface area contributed by atoms with Crippen molar-refractivity contribution in [2.45, 2.75) is 64.4 Å². The van der Waals surface area contributed by atoms with Gasteiger partial charge in [0, 0.05) is 11.8 Å². The minimum atomic E-state index is -1.11. The van der Waals surface area contributed by atoms with E-state index in [2.05, 4.69) is 13.8 Å². The van der Waals surface area contributed by atoms with Crippen LogP contribution in [-0.4, -0.2) is 23.2 Å². The van der Waals surface area contributed by atoms with Gasteiger partial charge >= 0.3 is 0 Å². The van der Waals surface area contributed by atoms with Gasteiger partial charge in [0.05, 0.1) is 5.60 Å². The molecular formula is C20H29FO2. The molecule has 3 heteroatoms. The topological polar surface area (TPSA) is 37.3 Å². The number of halogens is 1. The number of aliphatic hydroxyl groups is 1. The van der Waals surface area contributed by atoms with E-state index in [9.17, 15) is 14.3 Å². The van der Waals surface area contributed by atoms with E-state index in [1.807, 2.05) is 6.08 Å². The van der Waals surface area contributed by atoms with Crippen LogP contribution in [0.1, 0.15) is 58.8 Å². The quantitative estimate of drug-likeness (QED) is 0.791. The molecule has 0 radical (unpaired) electrons. The molecule has 7 atom stereocenters. The van der Waals surface area contributed by atoms with Crippen LogP contribution in [0.25, 0.3) is 0 Å². The van der Waals surface area contributed by atoms with Crippen molar-refractivity contribution < 1.29 is 14.3 Å². The molecule has 0 aromatic heterocycles. The Balaban J connectivity index is 1.68. The summed E-state index contributed by atoms with van der Waals surface area (Å²) in [6.07, 6.45) is 8.26. The van der Waals surface area contributed by atoms with Gasteiger partial charge < -0.3 is 5.11 Å². The summed E-state index contributed by atoms with van der Waals surface area (Å²) >= 11 is 0. The fourth-order valence-corrected chi connectivity index (χ4v) is 6.92. The van der Waals surface area contributed by atoms with Gasteiger partial charge in [0.2, 0.25) is 0 Å². The molecule has 0 aromatic rings. The summed E-state index contributed by atoms with van der Waals surface area (Å²) in [4.78, 5) is 11.8. The molecule has 0 heterocycles. The first-order valence-corrected chi connectivity index (χ1v) is 9.41. The number of hydrogen-bond donors (Lipinski definition) is 1. The minimum absolute atomic E-state index is 0.261. The van der Waals surface area contributed by atoms with Crippen molar-refractivity contribution >= 4 is 5.78 Å². The van der Waals surface area contributed by atoms with Crippen molar-refractivity contribution in [1.29, 1.82) is 0 Å². The summed E-state index contributed by atoms with van der Waals surface area (Å²) in [7, 11) is 0. The third kappa shape index (κ3) is 2.04. The van der Waals surface area contributed by atoms with Crippen molar-refractivity contribution in [3.63, 3.8) is 0 Å². The molecule has 2 nitrogen and oxygen atoms in total. The summed E-state index contributed by atoms with van der Waals surface area (Å²) in [5, 5.41) is 10.9. The highest BCUT2D eigenvalue weighted by molar-refractivity contribution is 5.91. The number of alkyl halides is 1. The van der Waals surface area contributed by atoms with E-state index in [-0.39, 0.29) is 5.41 Å². The van der Waals surface area contributed by atoms with Gasteiger partial charge in [-0.15, -0.1) is 0 Å². The maximum Gasteiger partial charge on any atom is 0.155 e. The number of ketones is 1. The maximum atomic E-state index is 13.6. The zero-order valence-electron chi connectivity index (χ0n) is 14.4. The molecule has 0 bridgehead atoms. The second-order valence-electron chi connectivity index (χ2n) is 9.02. The molecule has 0 unspecified atom stereocenters. The first kappa shape index (κ1) is 15.8. The first-order chi connectivity index (χ1) is 10.9. The van der Waals surface area contributed by atoms with Crippen molar-refractivity contribution in [3.05, 3.63) is 11.6 Å². The highest BCUT2D eigenvalue weighted by Crippen LogP contribution is 2.65. The molecule has 4 aliphatic rings. The minimum Gasteiger partial charge on any atom is -0.387 e. The Bertz CT molecular complexity index is 556. The monoisotopic (exact) mass is 319 g/mol. The molecule has 4 aliphatic carbocycles. The van der Waals surface area contributed by atoms with Crippen LogP contribution >= 0.6 is 0 Å². The Labute approximate surface area is 138 Å². The van der Waals surface area contributed by atoms with E-state index in [0.717, 1.165) is 32.1 Å². The summed E-state index contributed by atoms with van der Waals surface area (Å²) in [6.45, 7) is 3.85. The fourth-order valence-electron chi connectivity index (χ4n) is 6.92. The number of allylic oxidation sites excluding steroid dienone is 1. The molecular weight excluding hydrogens is 290 g/mol. The fraction of sp³-hybridized carbons (Fsp3) is 0.850. The van der Waals surface area contributed by atoms with Crippen LogP contribution in [0.3, 0.4) is 0 Å². The predicted octanol–water partition coefficient (Wildman–Crippen LogP) is 4.07. The van der Waals surface area contributed by atoms with E-state index in [1.165, 1.54) is 5.57 Å². The number of carbonyl (C=O) groups excluding carboxylic acids is 1. The van der Waals surface area contributed by atoms with E-state index in [1.54, 1.807) is 0 Å². The molecule has 0 aromatic carbocycles. The molecule has 3 fully saturated rings. The maximum absolute atomic E-state index is 13.6. The van der Waals surface area contributed by atoms with Gasteiger partial charge in [-0.2, -0.15) is 0 Å². The molecule has 128 valence electrons. The lowest BCUT2D eigenvalue weighted by atomic mass is 9.48. The Morgan fingerprint density at radius 2 is 2.09 bits per heavy atom. The van der Waals surface area contributed by atoms with Crippen LogP contribution in [-0.2, 0) is 4.79 Å². The number of hydrogen-bond acceptors (Lipinski definition) is 2. The Morgan fingerprint density at radius 3 is 2.83 bits per heavy atom. The second-order valence-corrected chi connectivity index (χ2v) is 9.02. The number of carbonyl (C=O) groups is 1. The van der Waals surface area contributed by atoms with Gasteiger partial charge in [-0.3, -0.25) is 4.79 Å². The van der Waals surface area contributed by atoms with Crippen LogP contribution in [0.2, 0.25) is 0 Å². The molecule has 23 heavy (non-hydrogen) atoms. The van der Waals surface area contributed by atoms with Crippen molar-refractivity contribution in [2.24, 2.45) is 35.0 Å². The third-order valence-electron chi connectivity index (χ3n) is 8.18. The van der Waals surface area contributed by atoms with Crippen LogP contribution in [0, 0.1) is 35.0 Å². The van der Waals surface area contributed by atoms with E-state index in [4.69, 9.17) is 0 Å².